The van der Waals surface area contributed by atoms with Crippen LogP contribution in [0.3, 0.4) is 0 Å². The molecule has 0 spiro atoms. The maximum atomic E-state index is 13.8. The lowest BCUT2D eigenvalue weighted by atomic mass is 9.91. The molecule has 0 aliphatic heterocycles. The highest BCUT2D eigenvalue weighted by Crippen LogP contribution is 2.27. The average Bonchev–Trinajstić information content (AvgIpc) is 2.29. The van der Waals surface area contributed by atoms with Crippen molar-refractivity contribution in [2.24, 2.45) is 0 Å². The van der Waals surface area contributed by atoms with Crippen LogP contribution in [0.1, 0.15) is 29.6 Å². The van der Waals surface area contributed by atoms with Gasteiger partial charge in [0.2, 0.25) is 0 Å². The Balaban J connectivity index is 2.24. The highest BCUT2D eigenvalue weighted by molar-refractivity contribution is 9.09. The molecule has 2 nitrogen and oxygen atoms in total. The number of alkyl halides is 1. The van der Waals surface area contributed by atoms with Crippen LogP contribution in [-0.2, 0) is 0 Å². The maximum absolute atomic E-state index is 13.8. The van der Waals surface area contributed by atoms with Gasteiger partial charge in [-0.3, -0.25) is 4.79 Å². The van der Waals surface area contributed by atoms with Crippen molar-refractivity contribution in [3.63, 3.8) is 0 Å². The van der Waals surface area contributed by atoms with Gasteiger partial charge in [-0.15, -0.1) is 0 Å². The van der Waals surface area contributed by atoms with E-state index in [-0.39, 0.29) is 22.5 Å². The molecule has 0 atom stereocenters. The number of carbonyl (C=O) groups is 1. The molecule has 5 heteroatoms. The quantitative estimate of drug-likeness (QED) is 0.766. The summed E-state index contributed by atoms with van der Waals surface area (Å²) in [5.41, 5.74) is 0.0651. The van der Waals surface area contributed by atoms with Gasteiger partial charge in [0.1, 0.15) is 0 Å². The van der Waals surface area contributed by atoms with Gasteiger partial charge in [-0.1, -0.05) is 33.6 Å². The van der Waals surface area contributed by atoms with E-state index in [4.69, 9.17) is 11.6 Å². The van der Waals surface area contributed by atoms with E-state index in [1.54, 1.807) is 11.0 Å². The fraction of sp³-hybridized carbons (Fsp3) is 0.462. The fourth-order valence-electron chi connectivity index (χ4n) is 2.06. The number of carbonyl (C=O) groups excluding carboxylic acids is 1. The minimum absolute atomic E-state index is 0.00625. The fourth-order valence-corrected chi connectivity index (χ4v) is 2.62. The van der Waals surface area contributed by atoms with E-state index in [0.717, 1.165) is 19.3 Å². The zero-order chi connectivity index (χ0) is 13.1. The van der Waals surface area contributed by atoms with Crippen molar-refractivity contribution in [1.29, 1.82) is 0 Å². The Morgan fingerprint density at radius 2 is 2.22 bits per heavy atom. The number of rotatable bonds is 4. The monoisotopic (exact) mass is 333 g/mol. The van der Waals surface area contributed by atoms with Crippen LogP contribution < -0.4 is 0 Å². The van der Waals surface area contributed by atoms with Crippen LogP contribution in [0.15, 0.2) is 18.2 Å². The van der Waals surface area contributed by atoms with Crippen molar-refractivity contribution in [3.8, 4) is 0 Å². The molecule has 1 amide bonds. The molecule has 18 heavy (non-hydrogen) atoms. The summed E-state index contributed by atoms with van der Waals surface area (Å²) >= 11 is 9.04. The van der Waals surface area contributed by atoms with Crippen molar-refractivity contribution in [2.45, 2.75) is 25.3 Å². The van der Waals surface area contributed by atoms with Crippen LogP contribution in [-0.4, -0.2) is 28.7 Å². The summed E-state index contributed by atoms with van der Waals surface area (Å²) < 4.78 is 13.8. The van der Waals surface area contributed by atoms with Gasteiger partial charge in [-0.25, -0.2) is 4.39 Å². The van der Waals surface area contributed by atoms with Gasteiger partial charge < -0.3 is 4.90 Å². The lowest BCUT2D eigenvalue weighted by molar-refractivity contribution is 0.0595. The molecule has 98 valence electrons. The number of halogens is 3. The topological polar surface area (TPSA) is 20.3 Å². The molecule has 0 heterocycles. The number of amides is 1. The minimum Gasteiger partial charge on any atom is -0.335 e. The summed E-state index contributed by atoms with van der Waals surface area (Å²) in [5.74, 6) is -0.887. The summed E-state index contributed by atoms with van der Waals surface area (Å²) in [6.07, 6.45) is 3.14. The summed E-state index contributed by atoms with van der Waals surface area (Å²) in [5, 5.41) is 0.686. The largest absolute Gasteiger partial charge is 0.335 e. The molecule has 0 aromatic heterocycles. The van der Waals surface area contributed by atoms with Crippen molar-refractivity contribution in [1.82, 2.24) is 4.90 Å². The molecule has 1 aliphatic carbocycles. The molecule has 0 bridgehead atoms. The number of nitrogens with zero attached hydrogens (tertiary/aromatic N) is 1. The van der Waals surface area contributed by atoms with Crippen molar-refractivity contribution in [3.05, 3.63) is 34.6 Å². The summed E-state index contributed by atoms with van der Waals surface area (Å²) in [6, 6.07) is 4.79. The number of benzene rings is 1. The standard InChI is InChI=1S/C13H14BrClFNO/c14-7-8-17(9-3-1-4-9)13(18)10-5-2-6-11(15)12(10)16/h2,5-6,9H,1,3-4,7-8H2. The zero-order valence-electron chi connectivity index (χ0n) is 9.83. The molecular formula is C13H14BrClFNO. The minimum atomic E-state index is -0.622. The lowest BCUT2D eigenvalue weighted by Crippen LogP contribution is -2.45. The van der Waals surface area contributed by atoms with Crippen LogP contribution in [0.25, 0.3) is 0 Å². The molecule has 0 N–H and O–H groups in total. The first-order valence-corrected chi connectivity index (χ1v) is 7.46. The number of hydrogen-bond acceptors (Lipinski definition) is 1. The highest BCUT2D eigenvalue weighted by Gasteiger charge is 2.30. The number of hydrogen-bond donors (Lipinski definition) is 0. The van der Waals surface area contributed by atoms with Gasteiger partial charge in [-0.2, -0.15) is 0 Å². The first kappa shape index (κ1) is 13.8. The predicted molar refractivity (Wildman–Crippen MR) is 73.9 cm³/mol. The molecular weight excluding hydrogens is 321 g/mol. The van der Waals surface area contributed by atoms with E-state index in [1.807, 2.05) is 0 Å². The Labute approximate surface area is 119 Å². The van der Waals surface area contributed by atoms with Gasteiger partial charge in [0.05, 0.1) is 10.6 Å². The first-order chi connectivity index (χ1) is 8.65. The van der Waals surface area contributed by atoms with Gasteiger partial charge in [0.25, 0.3) is 5.91 Å². The third-order valence-electron chi connectivity index (χ3n) is 3.28. The Hall–Kier alpha value is -0.610. The normalized spacial score (nSPS) is 15.3. The molecule has 1 aliphatic rings. The van der Waals surface area contributed by atoms with Gasteiger partial charge in [-0.05, 0) is 31.4 Å². The van der Waals surface area contributed by atoms with Crippen molar-refractivity contribution in [2.75, 3.05) is 11.9 Å². The Morgan fingerprint density at radius 3 is 2.78 bits per heavy atom. The molecule has 0 unspecified atom stereocenters. The van der Waals surface area contributed by atoms with E-state index < -0.39 is 5.82 Å². The lowest BCUT2D eigenvalue weighted by Gasteiger charge is -2.37. The van der Waals surface area contributed by atoms with Crippen LogP contribution in [0, 0.1) is 5.82 Å². The predicted octanol–water partition coefficient (Wildman–Crippen LogP) is 3.87. The summed E-state index contributed by atoms with van der Waals surface area (Å²) in [7, 11) is 0. The maximum Gasteiger partial charge on any atom is 0.257 e. The molecule has 2 rings (SSSR count). The molecule has 1 aromatic carbocycles. The molecule has 1 fully saturated rings. The van der Waals surface area contributed by atoms with Gasteiger partial charge in [0, 0.05) is 17.9 Å². The van der Waals surface area contributed by atoms with E-state index in [9.17, 15) is 9.18 Å². The highest BCUT2D eigenvalue weighted by atomic mass is 79.9. The molecule has 1 saturated carbocycles. The van der Waals surface area contributed by atoms with Crippen LogP contribution in [0.4, 0.5) is 4.39 Å². The van der Waals surface area contributed by atoms with E-state index in [2.05, 4.69) is 15.9 Å². The van der Waals surface area contributed by atoms with E-state index in [0.29, 0.717) is 11.9 Å². The van der Waals surface area contributed by atoms with Crippen molar-refractivity contribution >= 4 is 33.4 Å². The van der Waals surface area contributed by atoms with E-state index in [1.165, 1.54) is 12.1 Å². The van der Waals surface area contributed by atoms with Gasteiger partial charge >= 0.3 is 0 Å². The smallest absolute Gasteiger partial charge is 0.257 e. The first-order valence-electron chi connectivity index (χ1n) is 5.96. The SMILES string of the molecule is O=C(c1cccc(Cl)c1F)N(CCBr)C1CCC1. The third-order valence-corrected chi connectivity index (χ3v) is 3.93. The Morgan fingerprint density at radius 1 is 1.50 bits per heavy atom. The molecule has 0 saturated heterocycles. The summed E-state index contributed by atoms with van der Waals surface area (Å²) in [6.45, 7) is 0.593. The van der Waals surface area contributed by atoms with Crippen LogP contribution in [0.2, 0.25) is 5.02 Å². The average molecular weight is 335 g/mol. The molecule has 1 aromatic rings. The van der Waals surface area contributed by atoms with Crippen molar-refractivity contribution < 1.29 is 9.18 Å². The second-order valence-electron chi connectivity index (χ2n) is 4.37. The summed E-state index contributed by atoms with van der Waals surface area (Å²) in [4.78, 5) is 14.1. The van der Waals surface area contributed by atoms with Crippen LogP contribution in [0.5, 0.6) is 0 Å². The zero-order valence-corrected chi connectivity index (χ0v) is 12.2. The Bertz CT molecular complexity index is 451. The third kappa shape index (κ3) is 2.69. The second kappa shape index (κ2) is 6.02. The van der Waals surface area contributed by atoms with Gasteiger partial charge in [0.15, 0.2) is 5.82 Å². The molecule has 0 radical (unpaired) electrons. The van der Waals surface area contributed by atoms with E-state index >= 15 is 0 Å². The second-order valence-corrected chi connectivity index (χ2v) is 5.57. The Kier molecular flexibility index (Phi) is 4.62. The van der Waals surface area contributed by atoms with Crippen LogP contribution >= 0.6 is 27.5 Å².